The zero-order valence-corrected chi connectivity index (χ0v) is 10.4. The Morgan fingerprint density at radius 1 is 1.44 bits per heavy atom. The third kappa shape index (κ3) is 2.44. The van der Waals surface area contributed by atoms with Crippen LogP contribution in [0.15, 0.2) is 18.3 Å². The van der Waals surface area contributed by atoms with Crippen molar-refractivity contribution in [1.29, 1.82) is 0 Å². The van der Waals surface area contributed by atoms with Crippen LogP contribution in [0.1, 0.15) is 20.8 Å². The Hall–Kier alpha value is -1.29. The van der Waals surface area contributed by atoms with Gasteiger partial charge in [0.1, 0.15) is 11.0 Å². The summed E-state index contributed by atoms with van der Waals surface area (Å²) in [5.41, 5.74) is 0.957. The normalized spacial score (nSPS) is 12.0. The molecule has 0 radical (unpaired) electrons. The number of rotatable bonds is 2. The van der Waals surface area contributed by atoms with E-state index in [4.69, 9.17) is 11.6 Å². The monoisotopic (exact) mass is 238 g/mol. The number of nitrogens with one attached hydrogen (secondary N) is 1. The smallest absolute Gasteiger partial charge is 0.159 e. The van der Waals surface area contributed by atoms with Crippen LogP contribution in [-0.4, -0.2) is 21.1 Å². The average Bonchev–Trinajstić information content (AvgIpc) is 2.60. The highest BCUT2D eigenvalue weighted by molar-refractivity contribution is 6.29. The molecule has 2 aromatic rings. The summed E-state index contributed by atoms with van der Waals surface area (Å²) >= 11 is 5.94. The van der Waals surface area contributed by atoms with Gasteiger partial charge in [0.2, 0.25) is 0 Å². The van der Waals surface area contributed by atoms with Crippen LogP contribution >= 0.6 is 11.6 Å². The molecule has 2 rings (SSSR count). The van der Waals surface area contributed by atoms with E-state index in [2.05, 4.69) is 36.2 Å². The van der Waals surface area contributed by atoms with Gasteiger partial charge in [-0.2, -0.15) is 9.61 Å². The van der Waals surface area contributed by atoms with E-state index in [1.54, 1.807) is 16.8 Å². The van der Waals surface area contributed by atoms with Crippen LogP contribution in [-0.2, 0) is 0 Å². The Morgan fingerprint density at radius 3 is 2.88 bits per heavy atom. The van der Waals surface area contributed by atoms with E-state index in [9.17, 15) is 0 Å². The molecular formula is C11H15ClN4. The second-order valence-corrected chi connectivity index (χ2v) is 5.37. The lowest BCUT2D eigenvalue weighted by Crippen LogP contribution is -2.20. The van der Waals surface area contributed by atoms with Crippen molar-refractivity contribution in [2.45, 2.75) is 20.8 Å². The molecule has 2 aromatic heterocycles. The summed E-state index contributed by atoms with van der Waals surface area (Å²) in [6.07, 6.45) is 1.71. The minimum Gasteiger partial charge on any atom is -0.369 e. The van der Waals surface area contributed by atoms with Crippen LogP contribution in [0.5, 0.6) is 0 Å². The maximum atomic E-state index is 5.94. The maximum Gasteiger partial charge on any atom is 0.159 e. The molecule has 5 heteroatoms. The summed E-state index contributed by atoms with van der Waals surface area (Å²) in [5, 5.41) is 8.00. The summed E-state index contributed by atoms with van der Waals surface area (Å²) in [4.78, 5) is 4.17. The fraction of sp³-hybridized carbons (Fsp3) is 0.455. The molecule has 0 aliphatic rings. The third-order valence-corrected chi connectivity index (χ3v) is 2.32. The molecule has 2 heterocycles. The number of hydrogen-bond acceptors (Lipinski definition) is 3. The zero-order chi connectivity index (χ0) is 11.8. The summed E-state index contributed by atoms with van der Waals surface area (Å²) in [5.74, 6) is 0.870. The van der Waals surface area contributed by atoms with Gasteiger partial charge < -0.3 is 5.32 Å². The molecule has 16 heavy (non-hydrogen) atoms. The van der Waals surface area contributed by atoms with E-state index in [0.29, 0.717) is 5.15 Å². The summed E-state index contributed by atoms with van der Waals surface area (Å²) < 4.78 is 1.75. The van der Waals surface area contributed by atoms with Crippen molar-refractivity contribution < 1.29 is 0 Å². The van der Waals surface area contributed by atoms with E-state index in [-0.39, 0.29) is 5.41 Å². The molecule has 0 unspecified atom stereocenters. The second kappa shape index (κ2) is 3.94. The SMILES string of the molecule is CC(C)(C)CNc1cc(Cl)nc2ccnn12. The number of anilines is 1. The van der Waals surface area contributed by atoms with Crippen LogP contribution in [0.2, 0.25) is 5.15 Å². The molecule has 0 atom stereocenters. The molecule has 0 fully saturated rings. The van der Waals surface area contributed by atoms with Gasteiger partial charge in [-0.25, -0.2) is 4.98 Å². The topological polar surface area (TPSA) is 42.2 Å². The largest absolute Gasteiger partial charge is 0.369 e. The molecule has 0 spiro atoms. The van der Waals surface area contributed by atoms with Crippen molar-refractivity contribution in [3.05, 3.63) is 23.5 Å². The summed E-state index contributed by atoms with van der Waals surface area (Å²) in [6, 6.07) is 3.61. The van der Waals surface area contributed by atoms with Gasteiger partial charge in [-0.1, -0.05) is 32.4 Å². The fourth-order valence-corrected chi connectivity index (χ4v) is 1.55. The van der Waals surface area contributed by atoms with Crippen molar-refractivity contribution in [1.82, 2.24) is 14.6 Å². The highest BCUT2D eigenvalue weighted by Gasteiger charge is 2.11. The van der Waals surface area contributed by atoms with Crippen molar-refractivity contribution in [2.75, 3.05) is 11.9 Å². The summed E-state index contributed by atoms with van der Waals surface area (Å²) in [7, 11) is 0. The van der Waals surface area contributed by atoms with Crippen molar-refractivity contribution in [2.24, 2.45) is 5.41 Å². The summed E-state index contributed by atoms with van der Waals surface area (Å²) in [6.45, 7) is 7.36. The highest BCUT2D eigenvalue weighted by Crippen LogP contribution is 2.18. The first-order valence-corrected chi connectivity index (χ1v) is 5.58. The Balaban J connectivity index is 2.32. The molecule has 1 N–H and O–H groups in total. The number of fused-ring (bicyclic) bond motifs is 1. The molecule has 0 bridgehead atoms. The molecular weight excluding hydrogens is 224 g/mol. The molecule has 0 saturated carbocycles. The van der Waals surface area contributed by atoms with Gasteiger partial charge in [0.15, 0.2) is 5.65 Å². The Labute approximate surface area is 99.6 Å². The van der Waals surface area contributed by atoms with Crippen LogP contribution in [0.4, 0.5) is 5.82 Å². The predicted molar refractivity (Wildman–Crippen MR) is 65.9 cm³/mol. The Kier molecular flexibility index (Phi) is 2.76. The first-order valence-electron chi connectivity index (χ1n) is 5.20. The number of aromatic nitrogens is 3. The zero-order valence-electron chi connectivity index (χ0n) is 9.66. The first-order chi connectivity index (χ1) is 7.46. The van der Waals surface area contributed by atoms with Crippen LogP contribution < -0.4 is 5.32 Å². The number of nitrogens with zero attached hydrogens (tertiary/aromatic N) is 3. The lowest BCUT2D eigenvalue weighted by molar-refractivity contribution is 0.442. The molecule has 0 aromatic carbocycles. The van der Waals surface area contributed by atoms with Crippen molar-refractivity contribution >= 4 is 23.1 Å². The van der Waals surface area contributed by atoms with Gasteiger partial charge in [-0.15, -0.1) is 0 Å². The molecule has 0 saturated heterocycles. The van der Waals surface area contributed by atoms with Gasteiger partial charge in [-0.05, 0) is 5.41 Å². The van der Waals surface area contributed by atoms with Crippen LogP contribution in [0.3, 0.4) is 0 Å². The van der Waals surface area contributed by atoms with E-state index in [1.807, 2.05) is 6.07 Å². The van der Waals surface area contributed by atoms with E-state index < -0.39 is 0 Å². The fourth-order valence-electron chi connectivity index (χ4n) is 1.36. The maximum absolute atomic E-state index is 5.94. The van der Waals surface area contributed by atoms with Crippen LogP contribution in [0.25, 0.3) is 5.65 Å². The van der Waals surface area contributed by atoms with Gasteiger partial charge in [0.25, 0.3) is 0 Å². The molecule has 4 nitrogen and oxygen atoms in total. The minimum absolute atomic E-state index is 0.204. The Bertz CT molecular complexity index is 498. The van der Waals surface area contributed by atoms with E-state index in [0.717, 1.165) is 18.0 Å². The van der Waals surface area contributed by atoms with Crippen LogP contribution in [0, 0.1) is 5.41 Å². The standard InChI is InChI=1S/C11H15ClN4/c1-11(2,3)7-13-10-6-8(12)15-9-4-5-14-16(9)10/h4-6,13H,7H2,1-3H3. The lowest BCUT2D eigenvalue weighted by Gasteiger charge is -2.19. The van der Waals surface area contributed by atoms with Crippen molar-refractivity contribution in [3.63, 3.8) is 0 Å². The van der Waals surface area contributed by atoms with Gasteiger partial charge in [0.05, 0.1) is 6.20 Å². The number of hydrogen-bond donors (Lipinski definition) is 1. The third-order valence-electron chi connectivity index (χ3n) is 2.13. The Morgan fingerprint density at radius 2 is 2.19 bits per heavy atom. The van der Waals surface area contributed by atoms with Gasteiger partial charge in [0, 0.05) is 18.7 Å². The van der Waals surface area contributed by atoms with Gasteiger partial charge in [-0.3, -0.25) is 0 Å². The lowest BCUT2D eigenvalue weighted by atomic mass is 9.97. The predicted octanol–water partition coefficient (Wildman–Crippen LogP) is 2.84. The molecule has 0 amide bonds. The molecule has 0 aliphatic heterocycles. The van der Waals surface area contributed by atoms with E-state index >= 15 is 0 Å². The average molecular weight is 239 g/mol. The second-order valence-electron chi connectivity index (χ2n) is 4.98. The van der Waals surface area contributed by atoms with Gasteiger partial charge >= 0.3 is 0 Å². The van der Waals surface area contributed by atoms with E-state index in [1.165, 1.54) is 0 Å². The minimum atomic E-state index is 0.204. The quantitative estimate of drug-likeness (QED) is 0.819. The number of halogens is 1. The first kappa shape index (κ1) is 11.2. The molecule has 86 valence electrons. The van der Waals surface area contributed by atoms with Crippen molar-refractivity contribution in [3.8, 4) is 0 Å². The molecule has 0 aliphatic carbocycles. The highest BCUT2D eigenvalue weighted by atomic mass is 35.5.